The molecule has 30 heavy (non-hydrogen) atoms. The number of hydrogen-bond acceptors (Lipinski definition) is 7. The van der Waals surface area contributed by atoms with E-state index >= 15 is 0 Å². The van der Waals surface area contributed by atoms with E-state index in [1.165, 1.54) is 0 Å². The van der Waals surface area contributed by atoms with Crippen LogP contribution in [-0.4, -0.2) is 63.9 Å². The molecule has 2 aromatic rings. The van der Waals surface area contributed by atoms with Crippen LogP contribution in [0.15, 0.2) is 36.4 Å². The summed E-state index contributed by atoms with van der Waals surface area (Å²) in [5.41, 5.74) is 4.06. The standard InChI is InChI=1S/C23H32O7/c1-4-19-20(10-11-28-14-18(25)13-24)23(17-8-6-5-7-9-17)22(30-16-27-3)12-21(19)29-15-26-2/h5-9,12,18,24-25H,4,10-11,13-16H2,1-3H3. The van der Waals surface area contributed by atoms with Crippen molar-refractivity contribution < 1.29 is 33.9 Å². The molecule has 0 spiro atoms. The summed E-state index contributed by atoms with van der Waals surface area (Å²) in [4.78, 5) is 0. The lowest BCUT2D eigenvalue weighted by Gasteiger charge is -2.22. The smallest absolute Gasteiger partial charge is 0.188 e. The molecule has 2 N–H and O–H groups in total. The van der Waals surface area contributed by atoms with E-state index in [1.807, 2.05) is 36.4 Å². The highest BCUT2D eigenvalue weighted by atomic mass is 16.7. The van der Waals surface area contributed by atoms with Crippen molar-refractivity contribution >= 4 is 0 Å². The lowest BCUT2D eigenvalue weighted by atomic mass is 9.90. The second-order valence-electron chi connectivity index (χ2n) is 6.69. The Hall–Kier alpha value is -2.16. The molecule has 1 atom stereocenters. The van der Waals surface area contributed by atoms with Crippen LogP contribution in [-0.2, 0) is 27.1 Å². The van der Waals surface area contributed by atoms with Gasteiger partial charge in [0.25, 0.3) is 0 Å². The quantitative estimate of drug-likeness (QED) is 0.359. The first-order valence-electron chi connectivity index (χ1n) is 10.00. The van der Waals surface area contributed by atoms with Gasteiger partial charge in [-0.25, -0.2) is 0 Å². The lowest BCUT2D eigenvalue weighted by Crippen LogP contribution is -2.20. The van der Waals surface area contributed by atoms with Gasteiger partial charge in [0.1, 0.15) is 17.6 Å². The number of benzene rings is 2. The van der Waals surface area contributed by atoms with Crippen molar-refractivity contribution in [1.82, 2.24) is 0 Å². The van der Waals surface area contributed by atoms with Crippen LogP contribution in [0.25, 0.3) is 11.1 Å². The maximum Gasteiger partial charge on any atom is 0.188 e. The Balaban J connectivity index is 2.50. The summed E-state index contributed by atoms with van der Waals surface area (Å²) in [5.74, 6) is 1.34. The second kappa shape index (κ2) is 13.2. The van der Waals surface area contributed by atoms with E-state index in [0.717, 1.165) is 28.7 Å². The normalized spacial score (nSPS) is 12.0. The fraction of sp³-hybridized carbons (Fsp3) is 0.478. The predicted octanol–water partition coefficient (Wildman–Crippen LogP) is 2.79. The molecule has 0 aliphatic heterocycles. The predicted molar refractivity (Wildman–Crippen MR) is 114 cm³/mol. The Kier molecular flexibility index (Phi) is 10.6. The Labute approximate surface area is 178 Å². The van der Waals surface area contributed by atoms with Gasteiger partial charge in [-0.3, -0.25) is 0 Å². The molecular weight excluding hydrogens is 388 g/mol. The minimum Gasteiger partial charge on any atom is -0.467 e. The van der Waals surface area contributed by atoms with Crippen LogP contribution < -0.4 is 9.47 Å². The fourth-order valence-electron chi connectivity index (χ4n) is 3.25. The van der Waals surface area contributed by atoms with E-state index in [2.05, 4.69) is 6.92 Å². The molecule has 7 nitrogen and oxygen atoms in total. The highest BCUT2D eigenvalue weighted by Gasteiger charge is 2.21. The molecule has 0 aromatic heterocycles. The summed E-state index contributed by atoms with van der Waals surface area (Å²) >= 11 is 0. The third-order valence-electron chi connectivity index (χ3n) is 4.57. The van der Waals surface area contributed by atoms with Gasteiger partial charge in [0.2, 0.25) is 0 Å². The molecule has 0 radical (unpaired) electrons. The Bertz CT molecular complexity index is 749. The molecular formula is C23H32O7. The lowest BCUT2D eigenvalue weighted by molar-refractivity contribution is 0.00715. The first kappa shape index (κ1) is 24.1. The van der Waals surface area contributed by atoms with Crippen LogP contribution in [0.1, 0.15) is 18.1 Å². The highest BCUT2D eigenvalue weighted by molar-refractivity contribution is 5.77. The number of methoxy groups -OCH3 is 2. The number of ether oxygens (including phenoxy) is 5. The molecule has 0 amide bonds. The zero-order chi connectivity index (χ0) is 21.8. The van der Waals surface area contributed by atoms with E-state index in [4.69, 9.17) is 28.8 Å². The maximum atomic E-state index is 9.53. The summed E-state index contributed by atoms with van der Waals surface area (Å²) in [6.07, 6.45) is 0.443. The molecule has 2 aromatic carbocycles. The molecule has 0 saturated heterocycles. The first-order chi connectivity index (χ1) is 14.7. The SMILES string of the molecule is CCc1c(OCOC)cc(OCOC)c(-c2ccccc2)c1CCOCC(O)CO. The van der Waals surface area contributed by atoms with Crippen LogP contribution in [0.3, 0.4) is 0 Å². The fourth-order valence-corrected chi connectivity index (χ4v) is 3.25. The molecule has 0 saturated carbocycles. The van der Waals surface area contributed by atoms with Gasteiger partial charge in [0, 0.05) is 25.8 Å². The molecule has 1 unspecified atom stereocenters. The summed E-state index contributed by atoms with van der Waals surface area (Å²) < 4.78 is 27.5. The molecule has 0 aliphatic carbocycles. The van der Waals surface area contributed by atoms with Gasteiger partial charge >= 0.3 is 0 Å². The van der Waals surface area contributed by atoms with Gasteiger partial charge in [-0.05, 0) is 29.5 Å². The van der Waals surface area contributed by atoms with E-state index in [-0.39, 0.29) is 26.8 Å². The molecule has 0 bridgehead atoms. The van der Waals surface area contributed by atoms with Crippen LogP contribution in [0, 0.1) is 0 Å². The van der Waals surface area contributed by atoms with Gasteiger partial charge in [0.15, 0.2) is 13.6 Å². The molecule has 7 heteroatoms. The Morgan fingerprint density at radius 3 is 2.20 bits per heavy atom. The van der Waals surface area contributed by atoms with Crippen molar-refractivity contribution in [3.8, 4) is 22.6 Å². The maximum absolute atomic E-state index is 9.53. The first-order valence-corrected chi connectivity index (χ1v) is 10.00. The van der Waals surface area contributed by atoms with Crippen LogP contribution >= 0.6 is 0 Å². The van der Waals surface area contributed by atoms with Crippen molar-refractivity contribution in [1.29, 1.82) is 0 Å². The molecule has 2 rings (SSSR count). The van der Waals surface area contributed by atoms with Crippen molar-refractivity contribution in [3.63, 3.8) is 0 Å². The number of aliphatic hydroxyl groups is 2. The van der Waals surface area contributed by atoms with Gasteiger partial charge < -0.3 is 33.9 Å². The minimum atomic E-state index is -0.888. The van der Waals surface area contributed by atoms with E-state index in [0.29, 0.717) is 24.5 Å². The topological polar surface area (TPSA) is 86.6 Å². The van der Waals surface area contributed by atoms with Crippen LogP contribution in [0.5, 0.6) is 11.5 Å². The van der Waals surface area contributed by atoms with E-state index in [1.54, 1.807) is 14.2 Å². The average Bonchev–Trinajstić information content (AvgIpc) is 2.78. The summed E-state index contributed by atoms with van der Waals surface area (Å²) in [6, 6.07) is 11.9. The highest BCUT2D eigenvalue weighted by Crippen LogP contribution is 2.41. The van der Waals surface area contributed by atoms with E-state index < -0.39 is 6.10 Å². The van der Waals surface area contributed by atoms with E-state index in [9.17, 15) is 5.11 Å². The summed E-state index contributed by atoms with van der Waals surface area (Å²) in [7, 11) is 3.15. The molecule has 0 heterocycles. The Morgan fingerprint density at radius 1 is 0.933 bits per heavy atom. The Morgan fingerprint density at radius 2 is 1.60 bits per heavy atom. The molecule has 0 aliphatic rings. The number of hydrogen-bond donors (Lipinski definition) is 2. The van der Waals surface area contributed by atoms with Gasteiger partial charge in [0.05, 0.1) is 19.8 Å². The van der Waals surface area contributed by atoms with Crippen molar-refractivity contribution in [2.45, 2.75) is 25.9 Å². The summed E-state index contributed by atoms with van der Waals surface area (Å²) in [5, 5.41) is 18.5. The molecule has 0 fully saturated rings. The summed E-state index contributed by atoms with van der Waals surface area (Å²) in [6.45, 7) is 2.42. The largest absolute Gasteiger partial charge is 0.467 e. The third-order valence-corrected chi connectivity index (χ3v) is 4.57. The van der Waals surface area contributed by atoms with Crippen LogP contribution in [0.2, 0.25) is 0 Å². The monoisotopic (exact) mass is 420 g/mol. The van der Waals surface area contributed by atoms with Crippen molar-refractivity contribution in [2.24, 2.45) is 0 Å². The number of rotatable bonds is 14. The van der Waals surface area contributed by atoms with Crippen molar-refractivity contribution in [2.75, 3.05) is 47.6 Å². The third kappa shape index (κ3) is 6.68. The van der Waals surface area contributed by atoms with Crippen LogP contribution in [0.4, 0.5) is 0 Å². The zero-order valence-corrected chi connectivity index (χ0v) is 17.9. The van der Waals surface area contributed by atoms with Gasteiger partial charge in [-0.15, -0.1) is 0 Å². The second-order valence-corrected chi connectivity index (χ2v) is 6.69. The minimum absolute atomic E-state index is 0.0749. The number of aliphatic hydroxyl groups excluding tert-OH is 2. The van der Waals surface area contributed by atoms with Gasteiger partial charge in [-0.1, -0.05) is 37.3 Å². The molecule has 166 valence electrons. The average molecular weight is 421 g/mol. The van der Waals surface area contributed by atoms with Gasteiger partial charge in [-0.2, -0.15) is 0 Å². The zero-order valence-electron chi connectivity index (χ0n) is 17.9. The van der Waals surface area contributed by atoms with Crippen molar-refractivity contribution in [3.05, 3.63) is 47.5 Å².